The first kappa shape index (κ1) is 11.0. The highest BCUT2D eigenvalue weighted by Gasteiger charge is 2.05. The molecule has 4 nitrogen and oxygen atoms in total. The van der Waals surface area contributed by atoms with Crippen LogP contribution in [0.3, 0.4) is 0 Å². The minimum Gasteiger partial charge on any atom is -0.304 e. The Morgan fingerprint density at radius 2 is 2.12 bits per heavy atom. The molecule has 1 N–H and O–H groups in total. The lowest BCUT2D eigenvalue weighted by atomic mass is 10.2. The van der Waals surface area contributed by atoms with Crippen molar-refractivity contribution in [1.82, 2.24) is 19.7 Å². The molecule has 2 rings (SSSR count). The zero-order valence-electron chi connectivity index (χ0n) is 9.18. The van der Waals surface area contributed by atoms with Gasteiger partial charge in [0.1, 0.15) is 5.82 Å². The molecule has 0 saturated heterocycles. The molecular weight excluding hydrogens is 220 g/mol. The Morgan fingerprint density at radius 3 is 2.81 bits per heavy atom. The zero-order valence-corrected chi connectivity index (χ0v) is 10.00. The second kappa shape index (κ2) is 5.03. The lowest BCUT2D eigenvalue weighted by Crippen LogP contribution is -2.04. The predicted molar refractivity (Wildman–Crippen MR) is 64.7 cm³/mol. The zero-order chi connectivity index (χ0) is 11.4. The molecule has 0 atom stereocenters. The highest BCUT2D eigenvalue weighted by atomic mass is 32.1. The summed E-state index contributed by atoms with van der Waals surface area (Å²) in [6.45, 7) is 3.04. The molecule has 0 aromatic carbocycles. The Hall–Kier alpha value is -1.49. The van der Waals surface area contributed by atoms with Gasteiger partial charge in [0.25, 0.3) is 0 Å². The van der Waals surface area contributed by atoms with Crippen molar-refractivity contribution < 1.29 is 0 Å². The summed E-state index contributed by atoms with van der Waals surface area (Å²) in [4.78, 5) is 4.00. The van der Waals surface area contributed by atoms with E-state index in [2.05, 4.69) is 26.7 Å². The number of hydrogen-bond acceptors (Lipinski definition) is 3. The van der Waals surface area contributed by atoms with E-state index >= 15 is 0 Å². The third-order valence-electron chi connectivity index (χ3n) is 2.40. The van der Waals surface area contributed by atoms with E-state index in [1.807, 2.05) is 12.1 Å². The average molecular weight is 234 g/mol. The lowest BCUT2D eigenvalue weighted by Gasteiger charge is -2.04. The monoisotopic (exact) mass is 234 g/mol. The van der Waals surface area contributed by atoms with Gasteiger partial charge in [0, 0.05) is 25.4 Å². The van der Waals surface area contributed by atoms with Crippen LogP contribution in [0.15, 0.2) is 24.5 Å². The molecule has 0 bridgehead atoms. The van der Waals surface area contributed by atoms with Crippen LogP contribution in [0, 0.1) is 4.77 Å². The second-order valence-corrected chi connectivity index (χ2v) is 4.02. The first-order valence-corrected chi connectivity index (χ1v) is 5.75. The third-order valence-corrected chi connectivity index (χ3v) is 2.71. The molecule has 2 aromatic rings. The Morgan fingerprint density at radius 1 is 1.38 bits per heavy atom. The quantitative estimate of drug-likeness (QED) is 0.826. The van der Waals surface area contributed by atoms with Crippen LogP contribution < -0.4 is 0 Å². The molecule has 0 aliphatic rings. The Labute approximate surface area is 99.4 Å². The Bertz CT molecular complexity index is 500. The Kier molecular flexibility index (Phi) is 3.46. The van der Waals surface area contributed by atoms with Crippen LogP contribution in [0.4, 0.5) is 0 Å². The highest BCUT2D eigenvalue weighted by molar-refractivity contribution is 7.71. The maximum absolute atomic E-state index is 5.19. The van der Waals surface area contributed by atoms with Gasteiger partial charge in [-0.1, -0.05) is 6.92 Å². The number of aromatic nitrogens is 4. The number of rotatable bonds is 4. The van der Waals surface area contributed by atoms with Crippen LogP contribution in [0.2, 0.25) is 0 Å². The van der Waals surface area contributed by atoms with Gasteiger partial charge in [-0.2, -0.15) is 5.10 Å². The van der Waals surface area contributed by atoms with Crippen LogP contribution in [0.5, 0.6) is 0 Å². The molecule has 5 heteroatoms. The molecule has 0 aliphatic heterocycles. The molecule has 2 heterocycles. The summed E-state index contributed by atoms with van der Waals surface area (Å²) in [7, 11) is 0. The smallest absolute Gasteiger partial charge is 0.195 e. The molecule has 2 aromatic heterocycles. The van der Waals surface area contributed by atoms with Crippen LogP contribution in [-0.2, 0) is 13.0 Å². The number of H-pyrrole nitrogens is 1. The number of nitrogens with zero attached hydrogens (tertiary/aromatic N) is 3. The summed E-state index contributed by atoms with van der Waals surface area (Å²) in [6, 6.07) is 3.99. The van der Waals surface area contributed by atoms with Crippen LogP contribution in [0.25, 0.3) is 0 Å². The number of aromatic amines is 1. The van der Waals surface area contributed by atoms with Crippen molar-refractivity contribution >= 4 is 12.2 Å². The van der Waals surface area contributed by atoms with Gasteiger partial charge >= 0.3 is 0 Å². The number of pyridine rings is 1. The van der Waals surface area contributed by atoms with E-state index < -0.39 is 0 Å². The fourth-order valence-electron chi connectivity index (χ4n) is 1.62. The topological polar surface area (TPSA) is 46.5 Å². The normalized spacial score (nSPS) is 10.6. The van der Waals surface area contributed by atoms with E-state index in [1.54, 1.807) is 12.4 Å². The summed E-state index contributed by atoms with van der Waals surface area (Å²) >= 11 is 5.19. The molecule has 0 amide bonds. The fourth-order valence-corrected chi connectivity index (χ4v) is 1.86. The summed E-state index contributed by atoms with van der Waals surface area (Å²) in [5.74, 6) is 0.984. The molecule has 0 aliphatic carbocycles. The predicted octanol–water partition coefficient (Wildman–Crippen LogP) is 2.34. The third kappa shape index (κ3) is 2.36. The van der Waals surface area contributed by atoms with E-state index in [0.29, 0.717) is 4.77 Å². The second-order valence-electron chi connectivity index (χ2n) is 3.63. The van der Waals surface area contributed by atoms with Crippen LogP contribution in [-0.4, -0.2) is 19.7 Å². The van der Waals surface area contributed by atoms with Crippen molar-refractivity contribution in [3.05, 3.63) is 40.7 Å². The average Bonchev–Trinajstić information content (AvgIpc) is 2.64. The van der Waals surface area contributed by atoms with Gasteiger partial charge in [-0.3, -0.25) is 10.1 Å². The fraction of sp³-hybridized carbons (Fsp3) is 0.364. The van der Waals surface area contributed by atoms with E-state index in [9.17, 15) is 0 Å². The van der Waals surface area contributed by atoms with E-state index in [0.717, 1.165) is 25.2 Å². The summed E-state index contributed by atoms with van der Waals surface area (Å²) in [6.07, 6.45) is 5.42. The first-order chi connectivity index (χ1) is 7.81. The SMILES string of the molecule is CCCn1c(Cc2ccncc2)n[nH]c1=S. The molecule has 16 heavy (non-hydrogen) atoms. The standard InChI is InChI=1S/C11H14N4S/c1-2-7-15-10(13-14-11(15)16)8-9-3-5-12-6-4-9/h3-6H,2,7-8H2,1H3,(H,14,16). The maximum Gasteiger partial charge on any atom is 0.195 e. The minimum atomic E-state index is 0.700. The van der Waals surface area contributed by atoms with Gasteiger partial charge in [-0.05, 0) is 36.3 Å². The van der Waals surface area contributed by atoms with Crippen molar-refractivity contribution in [1.29, 1.82) is 0 Å². The van der Waals surface area contributed by atoms with E-state index in [-0.39, 0.29) is 0 Å². The van der Waals surface area contributed by atoms with Crippen molar-refractivity contribution in [2.24, 2.45) is 0 Å². The Balaban J connectivity index is 2.25. The van der Waals surface area contributed by atoms with Gasteiger partial charge in [-0.15, -0.1) is 0 Å². The lowest BCUT2D eigenvalue weighted by molar-refractivity contribution is 0.639. The highest BCUT2D eigenvalue weighted by Crippen LogP contribution is 2.07. The maximum atomic E-state index is 5.19. The molecule has 0 spiro atoms. The molecular formula is C11H14N4S. The number of hydrogen-bond donors (Lipinski definition) is 1. The molecule has 0 unspecified atom stereocenters. The summed E-state index contributed by atoms with van der Waals surface area (Å²) in [5, 5.41) is 7.10. The molecule has 0 saturated carbocycles. The minimum absolute atomic E-state index is 0.700. The van der Waals surface area contributed by atoms with Crippen molar-refractivity contribution in [3.8, 4) is 0 Å². The van der Waals surface area contributed by atoms with E-state index in [1.165, 1.54) is 5.56 Å². The van der Waals surface area contributed by atoms with Gasteiger partial charge in [0.15, 0.2) is 4.77 Å². The van der Waals surface area contributed by atoms with Crippen molar-refractivity contribution in [3.63, 3.8) is 0 Å². The van der Waals surface area contributed by atoms with E-state index in [4.69, 9.17) is 12.2 Å². The van der Waals surface area contributed by atoms with Gasteiger partial charge in [-0.25, -0.2) is 0 Å². The van der Waals surface area contributed by atoms with Crippen molar-refractivity contribution in [2.75, 3.05) is 0 Å². The summed E-state index contributed by atoms with van der Waals surface area (Å²) in [5.41, 5.74) is 1.20. The van der Waals surface area contributed by atoms with Gasteiger partial charge < -0.3 is 4.57 Å². The largest absolute Gasteiger partial charge is 0.304 e. The first-order valence-electron chi connectivity index (χ1n) is 5.34. The molecule has 0 fully saturated rings. The summed E-state index contributed by atoms with van der Waals surface area (Å²) < 4.78 is 2.75. The number of nitrogens with one attached hydrogen (secondary N) is 1. The molecule has 84 valence electrons. The van der Waals surface area contributed by atoms with Crippen molar-refractivity contribution in [2.45, 2.75) is 26.3 Å². The van der Waals surface area contributed by atoms with Gasteiger partial charge in [0.2, 0.25) is 0 Å². The van der Waals surface area contributed by atoms with Crippen LogP contribution in [0.1, 0.15) is 24.7 Å². The van der Waals surface area contributed by atoms with Crippen LogP contribution >= 0.6 is 12.2 Å². The molecule has 0 radical (unpaired) electrons. The van der Waals surface area contributed by atoms with Gasteiger partial charge in [0.05, 0.1) is 0 Å².